The number of rotatable bonds is 7. The number of carbonyl (C=O) groups is 2. The number of carbonyl (C=O) groups excluding carboxylic acids is 1. The van der Waals surface area contributed by atoms with Gasteiger partial charge in [0.15, 0.2) is 0 Å². The number of ether oxygens (including phenoxy) is 1. The molecule has 0 saturated carbocycles. The Balaban J connectivity index is 2.73. The van der Waals surface area contributed by atoms with Crippen molar-refractivity contribution in [3.05, 3.63) is 29.8 Å². The summed E-state index contributed by atoms with van der Waals surface area (Å²) in [5, 5.41) is 8.60. The van der Waals surface area contributed by atoms with E-state index in [2.05, 4.69) is 0 Å². The third kappa shape index (κ3) is 4.91. The molecule has 1 aromatic carbocycles. The van der Waals surface area contributed by atoms with E-state index in [1.165, 1.54) is 4.90 Å². The highest BCUT2D eigenvalue weighted by Crippen LogP contribution is 2.20. The Morgan fingerprint density at radius 2 is 1.95 bits per heavy atom. The Bertz CT molecular complexity index is 471. The first-order valence-corrected chi connectivity index (χ1v) is 6.64. The number of aliphatic carboxylic acids is 1. The minimum Gasteiger partial charge on any atom is -0.490 e. The average molecular weight is 279 g/mol. The van der Waals surface area contributed by atoms with Crippen molar-refractivity contribution in [3.8, 4) is 5.75 Å². The van der Waals surface area contributed by atoms with Crippen molar-refractivity contribution in [1.82, 2.24) is 4.90 Å². The molecule has 1 rings (SSSR count). The molecular formula is C15H21NO4. The van der Waals surface area contributed by atoms with Gasteiger partial charge in [-0.25, -0.2) is 0 Å². The minimum absolute atomic E-state index is 0.0127. The number of amides is 1. The molecule has 1 aromatic rings. The van der Waals surface area contributed by atoms with Crippen molar-refractivity contribution in [3.63, 3.8) is 0 Å². The van der Waals surface area contributed by atoms with E-state index < -0.39 is 5.97 Å². The first-order chi connectivity index (χ1) is 9.41. The van der Waals surface area contributed by atoms with Crippen LogP contribution in [0.15, 0.2) is 24.3 Å². The summed E-state index contributed by atoms with van der Waals surface area (Å²) in [4.78, 5) is 24.3. The smallest absolute Gasteiger partial charge is 0.303 e. The molecule has 5 nitrogen and oxygen atoms in total. The lowest BCUT2D eigenvalue weighted by atomic mass is 10.1. The Hall–Kier alpha value is -2.04. The molecule has 0 aromatic heterocycles. The number of carboxylic acids is 1. The minimum atomic E-state index is -0.852. The predicted molar refractivity (Wildman–Crippen MR) is 76.0 cm³/mol. The fourth-order valence-electron chi connectivity index (χ4n) is 1.77. The van der Waals surface area contributed by atoms with E-state index in [1.54, 1.807) is 25.2 Å². The molecule has 0 radical (unpaired) electrons. The predicted octanol–water partition coefficient (Wildman–Crippen LogP) is 2.41. The summed E-state index contributed by atoms with van der Waals surface area (Å²) in [5.74, 6) is -0.460. The van der Waals surface area contributed by atoms with Crippen LogP contribution in [-0.2, 0) is 4.79 Å². The number of hydrogen-bond acceptors (Lipinski definition) is 3. The van der Waals surface area contributed by atoms with Gasteiger partial charge in [-0.05, 0) is 32.4 Å². The fraction of sp³-hybridized carbons (Fsp3) is 0.467. The van der Waals surface area contributed by atoms with Crippen LogP contribution in [0.3, 0.4) is 0 Å². The van der Waals surface area contributed by atoms with Gasteiger partial charge in [-0.15, -0.1) is 0 Å². The van der Waals surface area contributed by atoms with Gasteiger partial charge in [0.25, 0.3) is 5.91 Å². The standard InChI is InChI=1S/C15H21NO4/c1-11(2)20-13-8-5-4-7-12(13)15(19)16(3)10-6-9-14(17)18/h4-5,7-8,11H,6,9-10H2,1-3H3,(H,17,18). The molecule has 0 saturated heterocycles. The molecule has 0 unspecified atom stereocenters. The molecule has 1 N–H and O–H groups in total. The van der Waals surface area contributed by atoms with Crippen LogP contribution in [0.25, 0.3) is 0 Å². The summed E-state index contributed by atoms with van der Waals surface area (Å²) < 4.78 is 5.62. The zero-order valence-electron chi connectivity index (χ0n) is 12.1. The van der Waals surface area contributed by atoms with Gasteiger partial charge in [0, 0.05) is 20.0 Å². The van der Waals surface area contributed by atoms with Crippen molar-refractivity contribution >= 4 is 11.9 Å². The lowest BCUT2D eigenvalue weighted by molar-refractivity contribution is -0.137. The normalized spacial score (nSPS) is 10.4. The van der Waals surface area contributed by atoms with Crippen molar-refractivity contribution < 1.29 is 19.4 Å². The number of benzene rings is 1. The summed E-state index contributed by atoms with van der Waals surface area (Å²) in [5.41, 5.74) is 0.499. The van der Waals surface area contributed by atoms with Gasteiger partial charge in [0.1, 0.15) is 5.75 Å². The van der Waals surface area contributed by atoms with Gasteiger partial charge in [-0.1, -0.05) is 12.1 Å². The molecule has 5 heteroatoms. The maximum Gasteiger partial charge on any atom is 0.303 e. The summed E-state index contributed by atoms with van der Waals surface area (Å²) in [7, 11) is 1.66. The second-order valence-electron chi connectivity index (χ2n) is 4.89. The van der Waals surface area contributed by atoms with Gasteiger partial charge in [-0.3, -0.25) is 9.59 Å². The van der Waals surface area contributed by atoms with E-state index in [4.69, 9.17) is 9.84 Å². The van der Waals surface area contributed by atoms with E-state index in [1.807, 2.05) is 19.9 Å². The van der Waals surface area contributed by atoms with Crippen LogP contribution < -0.4 is 4.74 Å². The molecule has 20 heavy (non-hydrogen) atoms. The van der Waals surface area contributed by atoms with Crippen LogP contribution in [0.2, 0.25) is 0 Å². The maximum atomic E-state index is 12.3. The molecule has 1 amide bonds. The molecule has 0 bridgehead atoms. The van der Waals surface area contributed by atoms with Crippen LogP contribution in [-0.4, -0.2) is 41.6 Å². The molecule has 0 aliphatic rings. The topological polar surface area (TPSA) is 66.8 Å². The fourth-order valence-corrected chi connectivity index (χ4v) is 1.77. The zero-order valence-corrected chi connectivity index (χ0v) is 12.1. The molecule has 0 aliphatic heterocycles. The zero-order chi connectivity index (χ0) is 15.1. The van der Waals surface area contributed by atoms with Crippen LogP contribution in [0, 0.1) is 0 Å². The monoisotopic (exact) mass is 279 g/mol. The quantitative estimate of drug-likeness (QED) is 0.832. The Morgan fingerprint density at radius 3 is 2.55 bits per heavy atom. The Morgan fingerprint density at radius 1 is 1.30 bits per heavy atom. The van der Waals surface area contributed by atoms with Crippen molar-refractivity contribution in [2.24, 2.45) is 0 Å². The van der Waals surface area contributed by atoms with E-state index in [0.29, 0.717) is 24.3 Å². The molecule has 0 spiro atoms. The van der Waals surface area contributed by atoms with Crippen molar-refractivity contribution in [2.45, 2.75) is 32.8 Å². The lowest BCUT2D eigenvalue weighted by Crippen LogP contribution is -2.28. The number of hydrogen-bond donors (Lipinski definition) is 1. The van der Waals surface area contributed by atoms with Gasteiger partial charge in [0.2, 0.25) is 0 Å². The summed E-state index contributed by atoms with van der Waals surface area (Å²) >= 11 is 0. The number of nitrogens with zero attached hydrogens (tertiary/aromatic N) is 1. The highest BCUT2D eigenvalue weighted by atomic mass is 16.5. The van der Waals surface area contributed by atoms with E-state index in [-0.39, 0.29) is 18.4 Å². The molecule has 0 aliphatic carbocycles. The van der Waals surface area contributed by atoms with Crippen LogP contribution in [0.5, 0.6) is 5.75 Å². The van der Waals surface area contributed by atoms with Gasteiger partial charge in [0.05, 0.1) is 11.7 Å². The molecule has 110 valence electrons. The Labute approximate surface area is 119 Å². The van der Waals surface area contributed by atoms with Gasteiger partial charge < -0.3 is 14.7 Å². The number of carboxylic acid groups (broad SMARTS) is 1. The third-order valence-corrected chi connectivity index (χ3v) is 2.71. The Kier molecular flexibility index (Phi) is 6.03. The summed E-state index contributed by atoms with van der Waals surface area (Å²) in [6, 6.07) is 7.08. The second kappa shape index (κ2) is 7.53. The van der Waals surface area contributed by atoms with Gasteiger partial charge in [-0.2, -0.15) is 0 Å². The SMILES string of the molecule is CC(C)Oc1ccccc1C(=O)N(C)CCCC(=O)O. The van der Waals surface area contributed by atoms with Crippen LogP contribution in [0.4, 0.5) is 0 Å². The third-order valence-electron chi connectivity index (χ3n) is 2.71. The summed E-state index contributed by atoms with van der Waals surface area (Å²) in [6.45, 7) is 4.21. The van der Waals surface area contributed by atoms with E-state index in [9.17, 15) is 9.59 Å². The van der Waals surface area contributed by atoms with E-state index in [0.717, 1.165) is 0 Å². The molecular weight excluding hydrogens is 258 g/mol. The van der Waals surface area contributed by atoms with Gasteiger partial charge >= 0.3 is 5.97 Å². The highest BCUT2D eigenvalue weighted by Gasteiger charge is 2.17. The maximum absolute atomic E-state index is 12.3. The first-order valence-electron chi connectivity index (χ1n) is 6.64. The first kappa shape index (κ1) is 16.0. The number of para-hydroxylation sites is 1. The van der Waals surface area contributed by atoms with Crippen molar-refractivity contribution in [2.75, 3.05) is 13.6 Å². The van der Waals surface area contributed by atoms with Crippen LogP contribution >= 0.6 is 0 Å². The summed E-state index contributed by atoms with van der Waals surface area (Å²) in [6.07, 6.45) is 0.480. The molecule has 0 heterocycles. The van der Waals surface area contributed by atoms with Crippen LogP contribution in [0.1, 0.15) is 37.0 Å². The second-order valence-corrected chi connectivity index (χ2v) is 4.89. The van der Waals surface area contributed by atoms with Crippen molar-refractivity contribution in [1.29, 1.82) is 0 Å². The molecule has 0 fully saturated rings. The highest BCUT2D eigenvalue weighted by molar-refractivity contribution is 5.96. The molecule has 0 atom stereocenters. The average Bonchev–Trinajstić information content (AvgIpc) is 2.37. The largest absolute Gasteiger partial charge is 0.490 e. The van der Waals surface area contributed by atoms with E-state index >= 15 is 0 Å². The lowest BCUT2D eigenvalue weighted by Gasteiger charge is -2.19.